The van der Waals surface area contributed by atoms with Gasteiger partial charge in [0.25, 0.3) is 5.91 Å². The highest BCUT2D eigenvalue weighted by molar-refractivity contribution is 7.90. The van der Waals surface area contributed by atoms with Gasteiger partial charge in [0.1, 0.15) is 0 Å². The van der Waals surface area contributed by atoms with E-state index >= 15 is 0 Å². The lowest BCUT2D eigenvalue weighted by Gasteiger charge is -2.14. The molecule has 0 aromatic heterocycles. The van der Waals surface area contributed by atoms with E-state index in [4.69, 9.17) is 16.3 Å². The standard InChI is InChI=1S/C18H18ClNO5S/c1-12(13-3-7-15(19)8-4-13)20-17(21)11-25-18(22)14-5-9-16(10-6-14)26(2,23)24/h3-10,12H,11H2,1-2H3,(H,20,21)/t12-/m0/s1. The molecule has 0 bridgehead atoms. The highest BCUT2D eigenvalue weighted by Gasteiger charge is 2.14. The van der Waals surface area contributed by atoms with Crippen LogP contribution in [0.15, 0.2) is 53.4 Å². The van der Waals surface area contributed by atoms with Crippen LogP contribution < -0.4 is 5.32 Å². The molecule has 1 amide bonds. The van der Waals surface area contributed by atoms with Crippen molar-refractivity contribution < 1.29 is 22.7 Å². The maximum Gasteiger partial charge on any atom is 0.338 e. The number of carbonyl (C=O) groups excluding carboxylic acids is 2. The van der Waals surface area contributed by atoms with E-state index in [2.05, 4.69) is 5.32 Å². The number of benzene rings is 2. The van der Waals surface area contributed by atoms with Gasteiger partial charge in [0.05, 0.1) is 16.5 Å². The van der Waals surface area contributed by atoms with Crippen LogP contribution >= 0.6 is 11.6 Å². The van der Waals surface area contributed by atoms with Crippen molar-refractivity contribution in [1.29, 1.82) is 0 Å². The summed E-state index contributed by atoms with van der Waals surface area (Å²) in [6.45, 7) is 1.36. The van der Waals surface area contributed by atoms with Crippen LogP contribution in [0.3, 0.4) is 0 Å². The van der Waals surface area contributed by atoms with Crippen molar-refractivity contribution in [2.24, 2.45) is 0 Å². The summed E-state index contributed by atoms with van der Waals surface area (Å²) < 4.78 is 27.7. The molecule has 2 rings (SSSR count). The summed E-state index contributed by atoms with van der Waals surface area (Å²) >= 11 is 5.82. The van der Waals surface area contributed by atoms with E-state index in [0.717, 1.165) is 11.8 Å². The van der Waals surface area contributed by atoms with Gasteiger partial charge < -0.3 is 10.1 Å². The average Bonchev–Trinajstić information content (AvgIpc) is 2.59. The molecule has 26 heavy (non-hydrogen) atoms. The molecule has 2 aromatic carbocycles. The molecular weight excluding hydrogens is 378 g/mol. The monoisotopic (exact) mass is 395 g/mol. The molecule has 2 aromatic rings. The van der Waals surface area contributed by atoms with Crippen LogP contribution in [0.5, 0.6) is 0 Å². The van der Waals surface area contributed by atoms with Crippen molar-refractivity contribution in [3.05, 3.63) is 64.7 Å². The van der Waals surface area contributed by atoms with E-state index in [1.165, 1.54) is 24.3 Å². The first-order valence-corrected chi connectivity index (χ1v) is 9.96. The highest BCUT2D eigenvalue weighted by Crippen LogP contribution is 2.16. The normalized spacial score (nSPS) is 12.3. The zero-order chi connectivity index (χ0) is 19.3. The summed E-state index contributed by atoms with van der Waals surface area (Å²) in [5, 5.41) is 3.31. The summed E-state index contributed by atoms with van der Waals surface area (Å²) in [7, 11) is -3.34. The fraction of sp³-hybridized carbons (Fsp3) is 0.222. The van der Waals surface area contributed by atoms with Crippen LogP contribution in [0, 0.1) is 0 Å². The fourth-order valence-electron chi connectivity index (χ4n) is 2.17. The predicted molar refractivity (Wildman–Crippen MR) is 97.8 cm³/mol. The van der Waals surface area contributed by atoms with Gasteiger partial charge in [-0.05, 0) is 48.9 Å². The lowest BCUT2D eigenvalue weighted by Crippen LogP contribution is -2.31. The first-order chi connectivity index (χ1) is 12.2. The molecule has 0 saturated carbocycles. The van der Waals surface area contributed by atoms with Gasteiger partial charge in [-0.1, -0.05) is 23.7 Å². The third kappa shape index (κ3) is 5.57. The van der Waals surface area contributed by atoms with Crippen molar-refractivity contribution in [1.82, 2.24) is 5.32 Å². The number of hydrogen-bond acceptors (Lipinski definition) is 5. The van der Waals surface area contributed by atoms with Crippen molar-refractivity contribution in [3.63, 3.8) is 0 Å². The molecular formula is C18H18ClNO5S. The second-order valence-corrected chi connectivity index (χ2v) is 8.17. The van der Waals surface area contributed by atoms with E-state index in [9.17, 15) is 18.0 Å². The first-order valence-electron chi connectivity index (χ1n) is 7.69. The van der Waals surface area contributed by atoms with Gasteiger partial charge in [-0.2, -0.15) is 0 Å². The van der Waals surface area contributed by atoms with Gasteiger partial charge in [-0.25, -0.2) is 13.2 Å². The second kappa shape index (κ2) is 8.33. The zero-order valence-electron chi connectivity index (χ0n) is 14.2. The van der Waals surface area contributed by atoms with E-state index in [-0.39, 0.29) is 16.5 Å². The fourth-order valence-corrected chi connectivity index (χ4v) is 2.93. The number of amides is 1. The third-order valence-electron chi connectivity index (χ3n) is 3.60. The Bertz CT molecular complexity index is 892. The van der Waals surface area contributed by atoms with Crippen LogP contribution in [-0.4, -0.2) is 33.2 Å². The molecule has 0 aliphatic rings. The SMILES string of the molecule is C[C@H](NC(=O)COC(=O)c1ccc(S(C)(=O)=O)cc1)c1ccc(Cl)cc1. The molecule has 1 N–H and O–H groups in total. The number of hydrogen-bond donors (Lipinski definition) is 1. The lowest BCUT2D eigenvalue weighted by atomic mass is 10.1. The molecule has 0 spiro atoms. The van der Waals surface area contributed by atoms with Crippen molar-refractivity contribution >= 4 is 33.3 Å². The number of rotatable bonds is 6. The minimum absolute atomic E-state index is 0.101. The Kier molecular flexibility index (Phi) is 6.39. The van der Waals surface area contributed by atoms with Crippen LogP contribution in [0.4, 0.5) is 0 Å². The molecule has 0 unspecified atom stereocenters. The first kappa shape index (κ1) is 19.9. The Balaban J connectivity index is 1.88. The van der Waals surface area contributed by atoms with Gasteiger partial charge in [-0.3, -0.25) is 4.79 Å². The number of sulfone groups is 1. The van der Waals surface area contributed by atoms with Crippen LogP contribution in [0.25, 0.3) is 0 Å². The second-order valence-electron chi connectivity index (χ2n) is 5.71. The molecule has 8 heteroatoms. The van der Waals surface area contributed by atoms with Crippen LogP contribution in [0.2, 0.25) is 5.02 Å². The number of ether oxygens (including phenoxy) is 1. The maximum absolute atomic E-state index is 11.9. The third-order valence-corrected chi connectivity index (χ3v) is 4.98. The minimum Gasteiger partial charge on any atom is -0.452 e. The van der Waals surface area contributed by atoms with Gasteiger partial charge >= 0.3 is 5.97 Å². The minimum atomic E-state index is -3.34. The summed E-state index contributed by atoms with van der Waals surface area (Å²) in [4.78, 5) is 24.0. The Morgan fingerprint density at radius 3 is 2.19 bits per heavy atom. The average molecular weight is 396 g/mol. The van der Waals surface area contributed by atoms with E-state index in [0.29, 0.717) is 5.02 Å². The van der Waals surface area contributed by atoms with Crippen molar-refractivity contribution in [3.8, 4) is 0 Å². The zero-order valence-corrected chi connectivity index (χ0v) is 15.8. The Morgan fingerprint density at radius 1 is 1.08 bits per heavy atom. The number of esters is 1. The van der Waals surface area contributed by atoms with Crippen LogP contribution in [0.1, 0.15) is 28.9 Å². The van der Waals surface area contributed by atoms with E-state index in [1.54, 1.807) is 31.2 Å². The Morgan fingerprint density at radius 2 is 1.65 bits per heavy atom. The van der Waals surface area contributed by atoms with Gasteiger partial charge in [-0.15, -0.1) is 0 Å². The number of halogens is 1. The predicted octanol–water partition coefficient (Wildman–Crippen LogP) is 2.78. The van der Waals surface area contributed by atoms with Gasteiger partial charge in [0.2, 0.25) is 0 Å². The molecule has 0 aliphatic heterocycles. The molecule has 0 radical (unpaired) electrons. The molecule has 6 nitrogen and oxygen atoms in total. The number of nitrogens with one attached hydrogen (secondary N) is 1. The molecule has 0 heterocycles. The van der Waals surface area contributed by atoms with Crippen molar-refractivity contribution in [2.75, 3.05) is 12.9 Å². The summed E-state index contributed by atoms with van der Waals surface area (Å²) in [5.74, 6) is -1.16. The van der Waals surface area contributed by atoms with Gasteiger partial charge in [0.15, 0.2) is 16.4 Å². The number of carbonyl (C=O) groups is 2. The Labute approximate surface area is 157 Å². The topological polar surface area (TPSA) is 89.5 Å². The molecule has 0 fully saturated rings. The molecule has 0 saturated heterocycles. The summed E-state index contributed by atoms with van der Waals surface area (Å²) in [6.07, 6.45) is 1.08. The Hall–Kier alpha value is -2.38. The molecule has 138 valence electrons. The van der Waals surface area contributed by atoms with Crippen molar-refractivity contribution in [2.45, 2.75) is 17.9 Å². The highest BCUT2D eigenvalue weighted by atomic mass is 35.5. The molecule has 0 aliphatic carbocycles. The summed E-state index contributed by atoms with van der Waals surface area (Å²) in [5.41, 5.74) is 1.03. The van der Waals surface area contributed by atoms with E-state index in [1.807, 2.05) is 0 Å². The lowest BCUT2D eigenvalue weighted by molar-refractivity contribution is -0.124. The smallest absolute Gasteiger partial charge is 0.338 e. The summed E-state index contributed by atoms with van der Waals surface area (Å²) in [6, 6.07) is 12.1. The molecule has 1 atom stereocenters. The maximum atomic E-state index is 11.9. The van der Waals surface area contributed by atoms with Crippen LogP contribution in [-0.2, 0) is 19.4 Å². The van der Waals surface area contributed by atoms with E-state index < -0.39 is 28.3 Å². The largest absolute Gasteiger partial charge is 0.452 e. The quantitative estimate of drug-likeness (QED) is 0.759. The van der Waals surface area contributed by atoms with Gasteiger partial charge in [0, 0.05) is 11.3 Å².